The number of rotatable bonds is 6. The summed E-state index contributed by atoms with van der Waals surface area (Å²) in [5.41, 5.74) is 7.59. The molecule has 4 rings (SSSR count). The van der Waals surface area contributed by atoms with Gasteiger partial charge in [-0.3, -0.25) is 4.79 Å². The van der Waals surface area contributed by atoms with Gasteiger partial charge in [0.25, 0.3) is 0 Å². The molecule has 1 aliphatic rings. The molecule has 2 aromatic carbocycles. The Balaban J connectivity index is 1.59. The number of hydrogen-bond donors (Lipinski definition) is 2. The molecule has 0 bridgehead atoms. The molecule has 11 heteroatoms. The number of fused-ring (bicyclic) bond motifs is 1. The lowest BCUT2D eigenvalue weighted by atomic mass is 10.2. The molecule has 1 aliphatic heterocycles. The van der Waals surface area contributed by atoms with Crippen molar-refractivity contribution >= 4 is 39.0 Å². The quantitative estimate of drug-likeness (QED) is 0.538. The number of aromatic nitrogens is 2. The second kappa shape index (κ2) is 8.16. The number of ether oxygens (including phenoxy) is 2. The van der Waals surface area contributed by atoms with Crippen LogP contribution in [0.1, 0.15) is 5.56 Å². The van der Waals surface area contributed by atoms with Gasteiger partial charge in [0.05, 0.1) is 4.90 Å². The van der Waals surface area contributed by atoms with E-state index in [4.69, 9.17) is 15.2 Å². The number of nitrogen functional groups attached to an aromatic ring is 1. The fourth-order valence-electron chi connectivity index (χ4n) is 3.09. The number of sulfone groups is 1. The van der Waals surface area contributed by atoms with E-state index < -0.39 is 15.7 Å². The van der Waals surface area contributed by atoms with Crippen LogP contribution in [0.25, 0.3) is 0 Å². The summed E-state index contributed by atoms with van der Waals surface area (Å²) in [5, 5.41) is 7.20. The maximum atomic E-state index is 13.2. The summed E-state index contributed by atoms with van der Waals surface area (Å²) >= 11 is 1.15. The lowest BCUT2D eigenvalue weighted by molar-refractivity contribution is -0.116. The van der Waals surface area contributed by atoms with Crippen molar-refractivity contribution in [3.05, 3.63) is 48.0 Å². The first-order chi connectivity index (χ1) is 14.8. The standard InChI is InChI=1S/C20H20N4O5S2/c1-12-3-6-14(7-4-12)31(26,27)18-19(21)24(23-20(18)30-2)10-17(25)22-13-5-8-15-16(9-13)29-11-28-15/h3-9H,10-11,21H2,1-2H3,(H,22,25). The van der Waals surface area contributed by atoms with Crippen LogP contribution in [0.3, 0.4) is 0 Å². The van der Waals surface area contributed by atoms with Crippen molar-refractivity contribution < 1.29 is 22.7 Å². The van der Waals surface area contributed by atoms with Gasteiger partial charge in [0.15, 0.2) is 11.5 Å². The second-order valence-electron chi connectivity index (χ2n) is 6.81. The highest BCUT2D eigenvalue weighted by atomic mass is 32.2. The molecule has 0 unspecified atom stereocenters. The van der Waals surface area contributed by atoms with E-state index in [-0.39, 0.29) is 34.0 Å². The van der Waals surface area contributed by atoms with Crippen molar-refractivity contribution in [2.45, 2.75) is 28.3 Å². The maximum absolute atomic E-state index is 13.2. The van der Waals surface area contributed by atoms with Gasteiger partial charge < -0.3 is 20.5 Å². The highest BCUT2D eigenvalue weighted by Gasteiger charge is 2.29. The Kier molecular flexibility index (Phi) is 5.54. The van der Waals surface area contributed by atoms with E-state index in [0.717, 1.165) is 17.3 Å². The van der Waals surface area contributed by atoms with E-state index in [1.165, 1.54) is 16.8 Å². The third-order valence-electron chi connectivity index (χ3n) is 4.66. The van der Waals surface area contributed by atoms with Crippen LogP contribution >= 0.6 is 11.8 Å². The fourth-order valence-corrected chi connectivity index (χ4v) is 5.52. The number of benzene rings is 2. The van der Waals surface area contributed by atoms with E-state index in [2.05, 4.69) is 10.4 Å². The largest absolute Gasteiger partial charge is 0.454 e. The van der Waals surface area contributed by atoms with Crippen molar-refractivity contribution in [1.29, 1.82) is 0 Å². The van der Waals surface area contributed by atoms with Gasteiger partial charge in [-0.1, -0.05) is 17.7 Å². The van der Waals surface area contributed by atoms with Crippen molar-refractivity contribution in [3.63, 3.8) is 0 Å². The van der Waals surface area contributed by atoms with Gasteiger partial charge in [0.2, 0.25) is 22.5 Å². The molecule has 0 spiro atoms. The monoisotopic (exact) mass is 460 g/mol. The molecule has 0 atom stereocenters. The zero-order chi connectivity index (χ0) is 22.2. The first-order valence-corrected chi connectivity index (χ1v) is 11.9. The second-order valence-corrected chi connectivity index (χ2v) is 9.50. The molecular formula is C20H20N4O5S2. The Morgan fingerprint density at radius 1 is 1.19 bits per heavy atom. The van der Waals surface area contributed by atoms with Gasteiger partial charge in [0.1, 0.15) is 22.3 Å². The molecule has 0 radical (unpaired) electrons. The summed E-state index contributed by atoms with van der Waals surface area (Å²) in [4.78, 5) is 12.6. The molecule has 9 nitrogen and oxygen atoms in total. The smallest absolute Gasteiger partial charge is 0.246 e. The minimum atomic E-state index is -3.90. The van der Waals surface area contributed by atoms with Crippen molar-refractivity contribution in [3.8, 4) is 11.5 Å². The van der Waals surface area contributed by atoms with Crippen LogP contribution in [0.2, 0.25) is 0 Å². The summed E-state index contributed by atoms with van der Waals surface area (Å²) in [7, 11) is -3.90. The predicted molar refractivity (Wildman–Crippen MR) is 116 cm³/mol. The number of nitrogens with zero attached hydrogens (tertiary/aromatic N) is 2. The van der Waals surface area contributed by atoms with E-state index >= 15 is 0 Å². The van der Waals surface area contributed by atoms with Crippen molar-refractivity contribution in [1.82, 2.24) is 9.78 Å². The summed E-state index contributed by atoms with van der Waals surface area (Å²) in [6.45, 7) is 1.75. The number of hydrogen-bond acceptors (Lipinski definition) is 8. The topological polar surface area (TPSA) is 126 Å². The van der Waals surface area contributed by atoms with Gasteiger partial charge in [-0.15, -0.1) is 11.8 Å². The van der Waals surface area contributed by atoms with Crippen LogP contribution in [0.4, 0.5) is 11.5 Å². The van der Waals surface area contributed by atoms with Crippen LogP contribution in [-0.4, -0.2) is 37.2 Å². The molecule has 3 aromatic rings. The third-order valence-corrected chi connectivity index (χ3v) is 7.29. The highest BCUT2D eigenvalue weighted by molar-refractivity contribution is 7.99. The molecule has 0 saturated carbocycles. The van der Waals surface area contributed by atoms with Crippen LogP contribution in [0, 0.1) is 6.92 Å². The molecule has 0 fully saturated rings. The number of thioether (sulfide) groups is 1. The first kappa shape index (κ1) is 21.1. The Labute approximate surface area is 183 Å². The Morgan fingerprint density at radius 3 is 2.61 bits per heavy atom. The molecule has 162 valence electrons. The lowest BCUT2D eigenvalue weighted by Gasteiger charge is -2.08. The summed E-state index contributed by atoms with van der Waals surface area (Å²) in [5.74, 6) is 0.628. The minimum absolute atomic E-state index is 0.0919. The number of nitrogens with one attached hydrogen (secondary N) is 1. The van der Waals surface area contributed by atoms with E-state index in [0.29, 0.717) is 17.2 Å². The van der Waals surface area contributed by atoms with Crippen molar-refractivity contribution in [2.24, 2.45) is 0 Å². The van der Waals surface area contributed by atoms with E-state index in [9.17, 15) is 13.2 Å². The average molecular weight is 461 g/mol. The lowest BCUT2D eigenvalue weighted by Crippen LogP contribution is -2.21. The summed E-state index contributed by atoms with van der Waals surface area (Å²) < 4.78 is 38.1. The average Bonchev–Trinajstić information content (AvgIpc) is 3.32. The number of nitrogens with two attached hydrogens (primary N) is 1. The molecule has 3 N–H and O–H groups in total. The SMILES string of the molecule is CSc1nn(CC(=O)Nc2ccc3c(c2)OCO3)c(N)c1S(=O)(=O)c1ccc(C)cc1. The van der Waals surface area contributed by atoms with Gasteiger partial charge >= 0.3 is 0 Å². The van der Waals surface area contributed by atoms with Crippen molar-refractivity contribution in [2.75, 3.05) is 24.1 Å². The Hall–Kier alpha value is -3.18. The zero-order valence-corrected chi connectivity index (χ0v) is 18.4. The van der Waals surface area contributed by atoms with E-state index in [1.54, 1.807) is 36.6 Å². The first-order valence-electron chi connectivity index (χ1n) is 9.21. The van der Waals surface area contributed by atoms with Gasteiger partial charge in [-0.25, -0.2) is 13.1 Å². The highest BCUT2D eigenvalue weighted by Crippen LogP contribution is 2.35. The van der Waals surface area contributed by atoms with Gasteiger partial charge in [-0.2, -0.15) is 5.10 Å². The number of carbonyl (C=O) groups excluding carboxylic acids is 1. The zero-order valence-electron chi connectivity index (χ0n) is 16.8. The third kappa shape index (κ3) is 4.06. The van der Waals surface area contributed by atoms with Crippen LogP contribution in [0.5, 0.6) is 11.5 Å². The predicted octanol–water partition coefficient (Wildman–Crippen LogP) is 2.70. The molecule has 1 aromatic heterocycles. The van der Waals surface area contributed by atoms with E-state index in [1.807, 2.05) is 6.92 Å². The summed E-state index contributed by atoms with van der Waals surface area (Å²) in [6.07, 6.45) is 1.70. The molecule has 0 saturated heterocycles. The minimum Gasteiger partial charge on any atom is -0.454 e. The molecule has 31 heavy (non-hydrogen) atoms. The Bertz CT molecular complexity index is 1250. The summed E-state index contributed by atoms with van der Waals surface area (Å²) in [6, 6.07) is 11.5. The molecular weight excluding hydrogens is 440 g/mol. The molecule has 0 aliphatic carbocycles. The molecule has 1 amide bonds. The Morgan fingerprint density at radius 2 is 1.90 bits per heavy atom. The number of carbonyl (C=O) groups is 1. The normalized spacial score (nSPS) is 12.7. The number of amides is 1. The van der Waals surface area contributed by atoms with Crippen LogP contribution < -0.4 is 20.5 Å². The number of anilines is 2. The van der Waals surface area contributed by atoms with Gasteiger partial charge in [0, 0.05) is 11.8 Å². The van der Waals surface area contributed by atoms with Crippen LogP contribution in [-0.2, 0) is 21.2 Å². The van der Waals surface area contributed by atoms with Gasteiger partial charge in [-0.05, 0) is 37.4 Å². The maximum Gasteiger partial charge on any atom is 0.246 e. The van der Waals surface area contributed by atoms with Crippen LogP contribution in [0.15, 0.2) is 57.3 Å². The fraction of sp³-hybridized carbons (Fsp3) is 0.200. The molecule has 2 heterocycles. The number of aryl methyl sites for hydroxylation is 1.